The Balaban J connectivity index is 1.52. The second-order valence-electron chi connectivity index (χ2n) is 6.32. The molecule has 25 heavy (non-hydrogen) atoms. The first-order valence-corrected chi connectivity index (χ1v) is 9.27. The Labute approximate surface area is 150 Å². The highest BCUT2D eigenvalue weighted by atomic mass is 32.1. The van der Waals surface area contributed by atoms with Crippen molar-refractivity contribution in [1.82, 2.24) is 9.88 Å². The summed E-state index contributed by atoms with van der Waals surface area (Å²) in [5.41, 5.74) is 0.490. The molecule has 0 radical (unpaired) electrons. The smallest absolute Gasteiger partial charge is 0.263 e. The molecule has 1 aliphatic heterocycles. The summed E-state index contributed by atoms with van der Waals surface area (Å²) in [5, 5.41) is 1.09. The second kappa shape index (κ2) is 6.76. The number of aromatic nitrogens is 1. The summed E-state index contributed by atoms with van der Waals surface area (Å²) in [6.07, 6.45) is 3.29. The molecule has 4 rings (SSSR count). The van der Waals surface area contributed by atoms with Gasteiger partial charge in [-0.2, -0.15) is 0 Å². The number of amides is 1. The predicted molar refractivity (Wildman–Crippen MR) is 99.0 cm³/mol. The number of Topliss-reactive ketones (excluding diaryl/α,β-unsaturated/α-hetero) is 1. The molecule has 1 aliphatic rings. The minimum atomic E-state index is -0.165. The monoisotopic (exact) mass is 350 g/mol. The third kappa shape index (κ3) is 3.20. The van der Waals surface area contributed by atoms with E-state index in [0.717, 1.165) is 27.8 Å². The van der Waals surface area contributed by atoms with E-state index in [1.807, 2.05) is 41.3 Å². The lowest BCUT2D eigenvalue weighted by Crippen LogP contribution is -2.42. The van der Waals surface area contributed by atoms with Gasteiger partial charge >= 0.3 is 0 Å². The number of thiophene rings is 1. The molecule has 1 atom stereocenters. The molecule has 126 valence electrons. The molecule has 0 saturated carbocycles. The number of hydrogen-bond acceptors (Lipinski definition) is 4. The van der Waals surface area contributed by atoms with Crippen LogP contribution in [0.4, 0.5) is 0 Å². The topological polar surface area (TPSA) is 50.3 Å². The maximum atomic E-state index is 12.9. The lowest BCUT2D eigenvalue weighted by Gasteiger charge is -2.31. The van der Waals surface area contributed by atoms with Crippen LogP contribution in [0.25, 0.3) is 10.1 Å². The van der Waals surface area contributed by atoms with Crippen LogP contribution in [0.1, 0.15) is 33.0 Å². The van der Waals surface area contributed by atoms with Crippen molar-refractivity contribution in [1.29, 1.82) is 0 Å². The first-order valence-electron chi connectivity index (χ1n) is 8.45. The highest BCUT2D eigenvalue weighted by Crippen LogP contribution is 2.28. The molecule has 4 nitrogen and oxygen atoms in total. The van der Waals surface area contributed by atoms with Crippen molar-refractivity contribution in [3.05, 3.63) is 65.3 Å². The minimum Gasteiger partial charge on any atom is -0.337 e. The van der Waals surface area contributed by atoms with Crippen LogP contribution in [0.3, 0.4) is 0 Å². The van der Waals surface area contributed by atoms with Crippen molar-refractivity contribution >= 4 is 33.1 Å². The number of carbonyl (C=O) groups excluding carboxylic acids is 2. The summed E-state index contributed by atoms with van der Waals surface area (Å²) in [5.74, 6) is -0.101. The van der Waals surface area contributed by atoms with Crippen LogP contribution in [-0.2, 0) is 0 Å². The zero-order valence-electron chi connectivity index (χ0n) is 13.7. The van der Waals surface area contributed by atoms with Gasteiger partial charge in [-0.25, -0.2) is 0 Å². The molecular formula is C20H18N2O2S. The minimum absolute atomic E-state index is 0.0275. The maximum Gasteiger partial charge on any atom is 0.263 e. The van der Waals surface area contributed by atoms with Crippen LogP contribution < -0.4 is 0 Å². The summed E-state index contributed by atoms with van der Waals surface area (Å²) in [6.45, 7) is 1.18. The fourth-order valence-corrected chi connectivity index (χ4v) is 4.37. The predicted octanol–water partition coefficient (Wildman–Crippen LogP) is 4.03. The van der Waals surface area contributed by atoms with Gasteiger partial charge in [0.15, 0.2) is 5.78 Å². The lowest BCUT2D eigenvalue weighted by molar-refractivity contribution is 0.0639. The van der Waals surface area contributed by atoms with E-state index in [-0.39, 0.29) is 17.6 Å². The van der Waals surface area contributed by atoms with Crippen LogP contribution in [0.15, 0.2) is 54.7 Å². The van der Waals surface area contributed by atoms with Crippen molar-refractivity contribution < 1.29 is 9.59 Å². The van der Waals surface area contributed by atoms with Crippen LogP contribution in [0.2, 0.25) is 0 Å². The third-order valence-corrected chi connectivity index (χ3v) is 5.74. The lowest BCUT2D eigenvalue weighted by atomic mass is 9.92. The maximum absolute atomic E-state index is 12.9. The molecule has 0 bridgehead atoms. The molecular weight excluding hydrogens is 332 g/mol. The number of rotatable bonds is 3. The third-order valence-electron chi connectivity index (χ3n) is 4.63. The first kappa shape index (κ1) is 16.0. The number of benzene rings is 1. The Kier molecular flexibility index (Phi) is 4.32. The van der Waals surface area contributed by atoms with Crippen molar-refractivity contribution in [3.8, 4) is 0 Å². The molecule has 2 aromatic heterocycles. The fraction of sp³-hybridized carbons (Fsp3) is 0.250. The van der Waals surface area contributed by atoms with E-state index in [1.165, 1.54) is 11.3 Å². The van der Waals surface area contributed by atoms with Crippen LogP contribution in [-0.4, -0.2) is 34.7 Å². The van der Waals surface area contributed by atoms with Gasteiger partial charge in [0, 0.05) is 29.9 Å². The van der Waals surface area contributed by atoms with Gasteiger partial charge in [0.2, 0.25) is 0 Å². The number of fused-ring (bicyclic) bond motifs is 1. The molecule has 1 saturated heterocycles. The number of piperidine rings is 1. The highest BCUT2D eigenvalue weighted by molar-refractivity contribution is 7.20. The Bertz CT molecular complexity index is 887. The van der Waals surface area contributed by atoms with E-state index in [0.29, 0.717) is 18.8 Å². The Hall–Kier alpha value is -2.53. The standard InChI is InChI=1S/C20H18N2O2S/c23-19(16-8-3-4-10-21-16)15-7-5-11-22(13-15)20(24)18-12-14-6-1-2-9-17(14)25-18/h1-4,6,8-10,12,15H,5,7,11,13H2. The van der Waals surface area contributed by atoms with Crippen molar-refractivity contribution in [2.75, 3.05) is 13.1 Å². The van der Waals surface area contributed by atoms with E-state index < -0.39 is 0 Å². The SMILES string of the molecule is O=C(c1ccccn1)C1CCCN(C(=O)c2cc3ccccc3s2)C1. The highest BCUT2D eigenvalue weighted by Gasteiger charge is 2.30. The summed E-state index contributed by atoms with van der Waals surface area (Å²) in [4.78, 5) is 32.3. The molecule has 5 heteroatoms. The Morgan fingerprint density at radius 3 is 2.76 bits per heavy atom. The summed E-state index contributed by atoms with van der Waals surface area (Å²) < 4.78 is 1.11. The van der Waals surface area contributed by atoms with Crippen molar-refractivity contribution in [2.45, 2.75) is 12.8 Å². The number of carbonyl (C=O) groups is 2. The molecule has 1 fully saturated rings. The van der Waals surface area contributed by atoms with Crippen LogP contribution in [0.5, 0.6) is 0 Å². The zero-order chi connectivity index (χ0) is 17.2. The molecule has 3 heterocycles. The average Bonchev–Trinajstić information content (AvgIpc) is 3.12. The van der Waals surface area contributed by atoms with Gasteiger partial charge in [-0.15, -0.1) is 11.3 Å². The number of nitrogens with zero attached hydrogens (tertiary/aromatic N) is 2. The molecule has 1 unspecified atom stereocenters. The summed E-state index contributed by atoms with van der Waals surface area (Å²) in [7, 11) is 0. The van der Waals surface area contributed by atoms with Crippen molar-refractivity contribution in [2.24, 2.45) is 5.92 Å². The van der Waals surface area contributed by atoms with Crippen molar-refractivity contribution in [3.63, 3.8) is 0 Å². The van der Waals surface area contributed by atoms with E-state index in [2.05, 4.69) is 4.98 Å². The van der Waals surface area contributed by atoms with Gasteiger partial charge in [0.1, 0.15) is 5.69 Å². The Morgan fingerprint density at radius 2 is 1.96 bits per heavy atom. The van der Waals surface area contributed by atoms with Gasteiger partial charge < -0.3 is 4.90 Å². The van der Waals surface area contributed by atoms with Gasteiger partial charge in [0.05, 0.1) is 4.88 Å². The van der Waals surface area contributed by atoms with E-state index in [4.69, 9.17) is 0 Å². The molecule has 1 amide bonds. The summed E-state index contributed by atoms with van der Waals surface area (Å²) >= 11 is 1.52. The fourth-order valence-electron chi connectivity index (χ4n) is 3.34. The Morgan fingerprint density at radius 1 is 1.12 bits per heavy atom. The number of hydrogen-bond donors (Lipinski definition) is 0. The van der Waals surface area contributed by atoms with E-state index >= 15 is 0 Å². The quantitative estimate of drug-likeness (QED) is 0.670. The largest absolute Gasteiger partial charge is 0.337 e. The number of pyridine rings is 1. The average molecular weight is 350 g/mol. The molecule has 3 aromatic rings. The molecule has 0 spiro atoms. The van der Waals surface area contributed by atoms with Gasteiger partial charge in [0.25, 0.3) is 5.91 Å². The van der Waals surface area contributed by atoms with Crippen LogP contribution >= 0.6 is 11.3 Å². The zero-order valence-corrected chi connectivity index (χ0v) is 14.5. The normalized spacial score (nSPS) is 17.6. The molecule has 1 aromatic carbocycles. The second-order valence-corrected chi connectivity index (χ2v) is 7.40. The van der Waals surface area contributed by atoms with Gasteiger partial charge in [-0.05, 0) is 42.5 Å². The molecule has 0 N–H and O–H groups in total. The van der Waals surface area contributed by atoms with Gasteiger partial charge in [-0.3, -0.25) is 14.6 Å². The number of ketones is 1. The molecule has 0 aliphatic carbocycles. The first-order chi connectivity index (χ1) is 12.2. The number of likely N-dealkylation sites (tertiary alicyclic amines) is 1. The van der Waals surface area contributed by atoms with E-state index in [1.54, 1.807) is 18.3 Å². The van der Waals surface area contributed by atoms with Gasteiger partial charge in [-0.1, -0.05) is 24.3 Å². The van der Waals surface area contributed by atoms with Crippen LogP contribution in [0, 0.1) is 5.92 Å². The summed E-state index contributed by atoms with van der Waals surface area (Å²) in [6, 6.07) is 15.3. The van der Waals surface area contributed by atoms with E-state index in [9.17, 15) is 9.59 Å².